The number of hydrogen-bond acceptors (Lipinski definition) is 10. The van der Waals surface area contributed by atoms with Gasteiger partial charge in [-0.15, -0.1) is 0 Å². The van der Waals surface area contributed by atoms with E-state index < -0.39 is 6.43 Å². The molecule has 2 aliphatic heterocycles. The summed E-state index contributed by atoms with van der Waals surface area (Å²) in [6.07, 6.45) is 6.46. The van der Waals surface area contributed by atoms with Crippen molar-refractivity contribution in [2.45, 2.75) is 75.2 Å². The molecule has 3 aliphatic rings. The number of halogens is 3. The molecule has 2 aromatic rings. The number of carbonyl (C=O) groups excluding carboxylic acids is 2. The number of amides is 2. The Balaban J connectivity index is 0.000000238. The summed E-state index contributed by atoms with van der Waals surface area (Å²) in [5.41, 5.74) is 11.9. The first kappa shape index (κ1) is 40.0. The molecule has 0 bridgehead atoms. The number of nitrogens with zero attached hydrogens (tertiary/aromatic N) is 5. The first-order chi connectivity index (χ1) is 24.2. The molecule has 0 unspecified atom stereocenters. The van der Waals surface area contributed by atoms with E-state index in [0.29, 0.717) is 51.1 Å². The molecule has 15 heteroatoms. The van der Waals surface area contributed by atoms with Crippen LogP contribution >= 0.6 is 23.5 Å². The standard InChI is InChI=1S/C20H21ClF2N4OS.C15H32N4O2/c21-17-12-14(20(22)23)13-18(24-17)25-8-10-26(11-9-25)29-16-5-3-15(4-6-16)27-7-1-2-19(27)28;16-8-4-10-19(11-5-9-17)12-13-21-15(20)18-14-6-2-1-3-7-14/h3-6,12-13,20H,1-2,7-11H2;14H,1-13,16-17H2,(H,18,20). The quantitative estimate of drug-likeness (QED) is 0.155. The van der Waals surface area contributed by atoms with Crippen molar-refractivity contribution in [3.63, 3.8) is 0 Å². The molecule has 1 aromatic carbocycles. The zero-order chi connectivity index (χ0) is 35.7. The fourth-order valence-electron chi connectivity index (χ4n) is 6.24. The summed E-state index contributed by atoms with van der Waals surface area (Å²) in [7, 11) is 0. The summed E-state index contributed by atoms with van der Waals surface area (Å²) >= 11 is 7.57. The number of carbonyl (C=O) groups is 2. The molecular formula is C35H53ClF2N8O3S. The van der Waals surface area contributed by atoms with E-state index in [-0.39, 0.29) is 22.7 Å². The molecule has 5 N–H and O–H groups in total. The van der Waals surface area contributed by atoms with Gasteiger partial charge in [-0.25, -0.2) is 22.9 Å². The van der Waals surface area contributed by atoms with Gasteiger partial charge >= 0.3 is 6.09 Å². The number of piperazine rings is 1. The van der Waals surface area contributed by atoms with Crippen LogP contribution in [0, 0.1) is 0 Å². The molecule has 5 rings (SSSR count). The number of anilines is 2. The molecule has 0 spiro atoms. The second-order valence-corrected chi connectivity index (χ2v) is 14.3. The third-order valence-electron chi connectivity index (χ3n) is 9.00. The average Bonchev–Trinajstić information content (AvgIpc) is 3.56. The second-order valence-electron chi connectivity index (χ2n) is 12.8. The molecule has 2 amide bonds. The Bertz CT molecular complexity index is 1310. The van der Waals surface area contributed by atoms with Crippen LogP contribution in [0.1, 0.15) is 69.8 Å². The van der Waals surface area contributed by atoms with Crippen LogP contribution in [0.15, 0.2) is 41.3 Å². The van der Waals surface area contributed by atoms with Crippen molar-refractivity contribution >= 4 is 47.1 Å². The SMILES string of the molecule is NCCCN(CCCN)CCOC(=O)NC1CCCCC1.O=C1CCCN1c1ccc(SN2CCN(c3cc(C(F)F)cc(Cl)n3)CC2)cc1. The average molecular weight is 739 g/mol. The summed E-state index contributed by atoms with van der Waals surface area (Å²) in [6.45, 7) is 8.11. The van der Waals surface area contributed by atoms with Crippen molar-refractivity contribution in [3.8, 4) is 0 Å². The third kappa shape index (κ3) is 13.4. The predicted octanol–water partition coefficient (Wildman–Crippen LogP) is 5.67. The maximum Gasteiger partial charge on any atom is 0.407 e. The second kappa shape index (κ2) is 21.6. The lowest BCUT2D eigenvalue weighted by Crippen LogP contribution is -2.43. The molecular weight excluding hydrogens is 686 g/mol. The molecule has 1 aromatic heterocycles. The van der Waals surface area contributed by atoms with Crippen molar-refractivity contribution in [2.75, 3.05) is 81.9 Å². The number of benzene rings is 1. The minimum Gasteiger partial charge on any atom is -0.448 e. The zero-order valence-electron chi connectivity index (χ0n) is 28.9. The van der Waals surface area contributed by atoms with Crippen LogP contribution in [0.25, 0.3) is 0 Å². The summed E-state index contributed by atoms with van der Waals surface area (Å²) in [6, 6.07) is 11.0. The smallest absolute Gasteiger partial charge is 0.407 e. The molecule has 278 valence electrons. The number of alkyl carbamates (subject to hydrolysis) is 1. The van der Waals surface area contributed by atoms with Crippen LogP contribution in [0.2, 0.25) is 5.15 Å². The van der Waals surface area contributed by atoms with Gasteiger partial charge < -0.3 is 31.3 Å². The topological polar surface area (TPSA) is 133 Å². The largest absolute Gasteiger partial charge is 0.448 e. The highest BCUT2D eigenvalue weighted by Crippen LogP contribution is 2.30. The number of aromatic nitrogens is 1. The first-order valence-electron chi connectivity index (χ1n) is 17.9. The highest BCUT2D eigenvalue weighted by Gasteiger charge is 2.23. The van der Waals surface area contributed by atoms with Gasteiger partial charge in [0.25, 0.3) is 6.43 Å². The summed E-state index contributed by atoms with van der Waals surface area (Å²) in [5.74, 6) is 0.684. The number of alkyl halides is 2. The fourth-order valence-corrected chi connectivity index (χ4v) is 7.36. The maximum absolute atomic E-state index is 13.0. The van der Waals surface area contributed by atoms with E-state index >= 15 is 0 Å². The first-order valence-corrected chi connectivity index (χ1v) is 19.0. The van der Waals surface area contributed by atoms with E-state index in [1.165, 1.54) is 31.4 Å². The predicted molar refractivity (Wildman–Crippen MR) is 197 cm³/mol. The number of nitrogens with two attached hydrogens (primary N) is 2. The van der Waals surface area contributed by atoms with E-state index in [4.69, 9.17) is 27.8 Å². The fraction of sp³-hybridized carbons (Fsp3) is 0.629. The van der Waals surface area contributed by atoms with Crippen LogP contribution in [-0.2, 0) is 9.53 Å². The molecule has 3 heterocycles. The number of ether oxygens (including phenoxy) is 1. The van der Waals surface area contributed by atoms with Gasteiger partial charge in [0.2, 0.25) is 5.91 Å². The molecule has 0 radical (unpaired) electrons. The lowest BCUT2D eigenvalue weighted by Gasteiger charge is -2.34. The lowest BCUT2D eigenvalue weighted by atomic mass is 9.96. The van der Waals surface area contributed by atoms with Crippen molar-refractivity contribution in [1.82, 2.24) is 19.5 Å². The van der Waals surface area contributed by atoms with E-state index in [9.17, 15) is 18.4 Å². The number of hydrogen-bond donors (Lipinski definition) is 3. The Morgan fingerprint density at radius 3 is 2.26 bits per heavy atom. The monoisotopic (exact) mass is 738 g/mol. The van der Waals surface area contributed by atoms with Gasteiger partial charge in [-0.3, -0.25) is 9.69 Å². The molecule has 2 saturated heterocycles. The molecule has 50 heavy (non-hydrogen) atoms. The van der Waals surface area contributed by atoms with Gasteiger partial charge in [0.1, 0.15) is 17.6 Å². The Labute approximate surface area is 304 Å². The van der Waals surface area contributed by atoms with E-state index in [0.717, 1.165) is 82.0 Å². The zero-order valence-corrected chi connectivity index (χ0v) is 30.5. The van der Waals surface area contributed by atoms with Gasteiger partial charge in [-0.1, -0.05) is 30.9 Å². The normalized spacial score (nSPS) is 17.3. The Kier molecular flexibility index (Phi) is 17.3. The minimum absolute atomic E-state index is 0.0891. The third-order valence-corrected chi connectivity index (χ3v) is 10.3. The molecule has 1 saturated carbocycles. The summed E-state index contributed by atoms with van der Waals surface area (Å²) in [4.78, 5) is 35.0. The van der Waals surface area contributed by atoms with Gasteiger partial charge in [0.15, 0.2) is 0 Å². The molecule has 11 nitrogen and oxygen atoms in total. The van der Waals surface area contributed by atoms with Crippen molar-refractivity contribution in [3.05, 3.63) is 47.1 Å². The highest BCUT2D eigenvalue weighted by molar-refractivity contribution is 7.97. The lowest BCUT2D eigenvalue weighted by molar-refractivity contribution is -0.117. The molecule has 3 fully saturated rings. The Hall–Kier alpha value is -2.75. The van der Waals surface area contributed by atoms with Crippen molar-refractivity contribution in [2.24, 2.45) is 11.5 Å². The van der Waals surface area contributed by atoms with Crippen LogP contribution in [0.4, 0.5) is 25.1 Å². The molecule has 1 aliphatic carbocycles. The Morgan fingerprint density at radius 1 is 0.980 bits per heavy atom. The number of nitrogens with one attached hydrogen (secondary N) is 1. The van der Waals surface area contributed by atoms with E-state index in [1.54, 1.807) is 11.9 Å². The van der Waals surface area contributed by atoms with Gasteiger partial charge in [-0.2, -0.15) is 0 Å². The van der Waals surface area contributed by atoms with Crippen molar-refractivity contribution in [1.29, 1.82) is 0 Å². The van der Waals surface area contributed by atoms with Crippen LogP contribution in [0.3, 0.4) is 0 Å². The van der Waals surface area contributed by atoms with Gasteiger partial charge in [0.05, 0.1) is 0 Å². The minimum atomic E-state index is -2.56. The summed E-state index contributed by atoms with van der Waals surface area (Å²) in [5, 5.41) is 3.05. The van der Waals surface area contributed by atoms with Crippen molar-refractivity contribution < 1.29 is 23.1 Å². The summed E-state index contributed by atoms with van der Waals surface area (Å²) < 4.78 is 33.5. The van der Waals surface area contributed by atoms with E-state index in [2.05, 4.69) is 19.5 Å². The highest BCUT2D eigenvalue weighted by atomic mass is 35.5. The van der Waals surface area contributed by atoms with Crippen LogP contribution < -0.4 is 26.6 Å². The number of rotatable bonds is 15. The van der Waals surface area contributed by atoms with E-state index in [1.807, 2.05) is 34.1 Å². The molecule has 0 atom stereocenters. The van der Waals surface area contributed by atoms with Crippen LogP contribution in [0.5, 0.6) is 0 Å². The number of pyridine rings is 1. The maximum atomic E-state index is 13.0. The van der Waals surface area contributed by atoms with Crippen LogP contribution in [-0.4, -0.2) is 104 Å². The van der Waals surface area contributed by atoms with Gasteiger partial charge in [0, 0.05) is 67.9 Å². The van der Waals surface area contributed by atoms with Gasteiger partial charge in [-0.05, 0) is 107 Å². The Morgan fingerprint density at radius 2 is 1.66 bits per heavy atom.